The Morgan fingerprint density at radius 1 is 1.02 bits per heavy atom. The van der Waals surface area contributed by atoms with Crippen LogP contribution in [0.1, 0.15) is 50.6 Å². The molecule has 1 aliphatic carbocycles. The number of carbonyl (C=O) groups is 2. The third-order valence-corrected chi connectivity index (χ3v) is 7.57. The lowest BCUT2D eigenvalue weighted by Gasteiger charge is -2.33. The van der Waals surface area contributed by atoms with E-state index in [9.17, 15) is 9.59 Å². The Hall–Kier alpha value is -4.60. The zero-order valence-corrected chi connectivity index (χ0v) is 23.0. The Morgan fingerprint density at radius 2 is 1.80 bits per heavy atom. The van der Waals surface area contributed by atoms with E-state index < -0.39 is 6.04 Å². The lowest BCUT2D eigenvalue weighted by Crippen LogP contribution is -2.48. The molecular formula is C31H33N5O5. The summed E-state index contributed by atoms with van der Waals surface area (Å²) in [7, 11) is 0. The third kappa shape index (κ3) is 5.68. The molecule has 0 spiro atoms. The van der Waals surface area contributed by atoms with Crippen LogP contribution < -0.4 is 24.4 Å². The fraction of sp³-hybridized carbons (Fsp3) is 0.355. The Morgan fingerprint density at radius 3 is 2.61 bits per heavy atom. The highest BCUT2D eigenvalue weighted by atomic mass is 16.7. The van der Waals surface area contributed by atoms with Gasteiger partial charge in [0, 0.05) is 17.8 Å². The maximum Gasteiger partial charge on any atom is 0.249 e. The molecule has 212 valence electrons. The molecule has 2 amide bonds. The summed E-state index contributed by atoms with van der Waals surface area (Å²) < 4.78 is 18.4. The number of aromatic nitrogens is 3. The second-order valence-electron chi connectivity index (χ2n) is 10.3. The van der Waals surface area contributed by atoms with Gasteiger partial charge in [-0.25, -0.2) is 4.68 Å². The molecule has 1 atom stereocenters. The van der Waals surface area contributed by atoms with Crippen molar-refractivity contribution >= 4 is 28.5 Å². The first-order valence-electron chi connectivity index (χ1n) is 14.1. The Bertz CT molecular complexity index is 1530. The number of nitrogens with zero attached hydrogens (tertiary/aromatic N) is 4. The topological polar surface area (TPSA) is 108 Å². The molecule has 1 fully saturated rings. The molecule has 1 unspecified atom stereocenters. The van der Waals surface area contributed by atoms with Gasteiger partial charge in [0.15, 0.2) is 11.5 Å². The van der Waals surface area contributed by atoms with E-state index in [2.05, 4.69) is 15.6 Å². The predicted octanol–water partition coefficient (Wildman–Crippen LogP) is 4.78. The number of ether oxygens (including phenoxy) is 3. The molecule has 0 radical (unpaired) electrons. The first-order valence-corrected chi connectivity index (χ1v) is 14.1. The number of hydrogen-bond donors (Lipinski definition) is 1. The minimum Gasteiger partial charge on any atom is -0.494 e. The van der Waals surface area contributed by atoms with E-state index in [1.54, 1.807) is 22.9 Å². The van der Waals surface area contributed by atoms with E-state index in [0.717, 1.165) is 31.2 Å². The van der Waals surface area contributed by atoms with Crippen LogP contribution in [0.15, 0.2) is 66.7 Å². The molecular weight excluding hydrogens is 522 g/mol. The first kappa shape index (κ1) is 26.6. The number of carbonyl (C=O) groups excluding carboxylic acids is 2. The smallest absolute Gasteiger partial charge is 0.249 e. The van der Waals surface area contributed by atoms with Crippen LogP contribution in [0.2, 0.25) is 0 Å². The van der Waals surface area contributed by atoms with Crippen molar-refractivity contribution in [1.82, 2.24) is 20.3 Å². The van der Waals surface area contributed by atoms with Gasteiger partial charge < -0.3 is 19.5 Å². The van der Waals surface area contributed by atoms with E-state index in [1.807, 2.05) is 55.5 Å². The maximum atomic E-state index is 14.3. The van der Waals surface area contributed by atoms with Crippen molar-refractivity contribution in [3.05, 3.63) is 72.3 Å². The average molecular weight is 556 g/mol. The highest BCUT2D eigenvalue weighted by Crippen LogP contribution is 2.38. The van der Waals surface area contributed by atoms with Gasteiger partial charge in [-0.3, -0.25) is 14.5 Å². The van der Waals surface area contributed by atoms with Gasteiger partial charge in [0.05, 0.1) is 12.1 Å². The monoisotopic (exact) mass is 555 g/mol. The Labute approximate surface area is 238 Å². The van der Waals surface area contributed by atoms with Crippen LogP contribution in [-0.2, 0) is 16.1 Å². The summed E-state index contributed by atoms with van der Waals surface area (Å²) >= 11 is 0. The largest absolute Gasteiger partial charge is 0.494 e. The van der Waals surface area contributed by atoms with Gasteiger partial charge in [-0.1, -0.05) is 48.7 Å². The summed E-state index contributed by atoms with van der Waals surface area (Å²) in [4.78, 5) is 30.0. The van der Waals surface area contributed by atoms with E-state index in [0.29, 0.717) is 40.6 Å². The second-order valence-corrected chi connectivity index (χ2v) is 10.3. The molecule has 1 N–H and O–H groups in total. The fourth-order valence-electron chi connectivity index (χ4n) is 5.57. The van der Waals surface area contributed by atoms with Gasteiger partial charge in [-0.2, -0.15) is 0 Å². The Balaban J connectivity index is 1.41. The number of fused-ring (bicyclic) bond motifs is 2. The van der Waals surface area contributed by atoms with Crippen LogP contribution in [0.5, 0.6) is 17.2 Å². The van der Waals surface area contributed by atoms with Gasteiger partial charge in [0.1, 0.15) is 23.9 Å². The molecule has 0 bridgehead atoms. The summed E-state index contributed by atoms with van der Waals surface area (Å²) in [5.74, 6) is 1.24. The van der Waals surface area contributed by atoms with Gasteiger partial charge in [0.25, 0.3) is 0 Å². The molecule has 3 aromatic carbocycles. The summed E-state index contributed by atoms with van der Waals surface area (Å²) in [6.07, 6.45) is 5.16. The van der Waals surface area contributed by atoms with Gasteiger partial charge in [0.2, 0.25) is 18.6 Å². The minimum absolute atomic E-state index is 0.0643. The summed E-state index contributed by atoms with van der Waals surface area (Å²) in [6, 6.07) is 19.2. The number of rotatable bonds is 9. The van der Waals surface area contributed by atoms with Crippen LogP contribution in [0.3, 0.4) is 0 Å². The number of anilines is 1. The van der Waals surface area contributed by atoms with Crippen LogP contribution in [0, 0.1) is 0 Å². The average Bonchev–Trinajstić information content (AvgIpc) is 3.64. The molecule has 1 aliphatic heterocycles. The quantitative estimate of drug-likeness (QED) is 0.317. The van der Waals surface area contributed by atoms with Crippen LogP contribution in [-0.4, -0.2) is 46.2 Å². The number of para-hydroxylation sites is 1. The molecule has 10 heteroatoms. The lowest BCUT2D eigenvalue weighted by molar-refractivity contribution is -0.127. The molecule has 1 aromatic heterocycles. The third-order valence-electron chi connectivity index (χ3n) is 7.57. The lowest BCUT2D eigenvalue weighted by atomic mass is 9.94. The summed E-state index contributed by atoms with van der Waals surface area (Å²) in [5, 5.41) is 11.7. The zero-order chi connectivity index (χ0) is 28.2. The fourth-order valence-corrected chi connectivity index (χ4v) is 5.57. The molecule has 6 rings (SSSR count). The zero-order valence-electron chi connectivity index (χ0n) is 23.0. The molecule has 41 heavy (non-hydrogen) atoms. The maximum absolute atomic E-state index is 14.3. The van der Waals surface area contributed by atoms with E-state index in [4.69, 9.17) is 14.2 Å². The number of hydrogen-bond acceptors (Lipinski definition) is 7. The highest BCUT2D eigenvalue weighted by molar-refractivity contribution is 6.02. The highest BCUT2D eigenvalue weighted by Gasteiger charge is 2.35. The van der Waals surface area contributed by atoms with Crippen molar-refractivity contribution in [2.75, 3.05) is 18.3 Å². The van der Waals surface area contributed by atoms with Crippen molar-refractivity contribution in [2.24, 2.45) is 0 Å². The molecule has 4 aromatic rings. The van der Waals surface area contributed by atoms with Crippen molar-refractivity contribution in [3.63, 3.8) is 0 Å². The van der Waals surface area contributed by atoms with Crippen LogP contribution in [0.4, 0.5) is 5.69 Å². The van der Waals surface area contributed by atoms with Gasteiger partial charge in [-0.05, 0) is 61.7 Å². The molecule has 10 nitrogen and oxygen atoms in total. The van der Waals surface area contributed by atoms with E-state index >= 15 is 0 Å². The van der Waals surface area contributed by atoms with Gasteiger partial charge >= 0.3 is 0 Å². The number of nitrogens with one attached hydrogen (secondary N) is 1. The Kier molecular flexibility index (Phi) is 7.71. The molecule has 2 aliphatic rings. The van der Waals surface area contributed by atoms with Gasteiger partial charge in [-0.15, -0.1) is 5.10 Å². The minimum atomic E-state index is -0.949. The number of amides is 2. The normalized spacial score (nSPS) is 15.4. The molecule has 0 saturated heterocycles. The van der Waals surface area contributed by atoms with Crippen molar-refractivity contribution < 1.29 is 23.8 Å². The van der Waals surface area contributed by atoms with Crippen LogP contribution >= 0.6 is 0 Å². The van der Waals surface area contributed by atoms with Crippen molar-refractivity contribution in [1.29, 1.82) is 0 Å². The number of benzene rings is 3. The SMILES string of the molecule is CCOc1ccc(C(C(=O)NC2CCCCC2)N(C(=O)Cn2nnc3ccccc32)c2ccc3c(c2)OCO3)cc1. The second kappa shape index (κ2) is 11.9. The molecule has 2 heterocycles. The van der Waals surface area contributed by atoms with Crippen molar-refractivity contribution in [2.45, 2.75) is 57.7 Å². The molecule has 1 saturated carbocycles. The van der Waals surface area contributed by atoms with Crippen LogP contribution in [0.25, 0.3) is 11.0 Å². The first-order chi connectivity index (χ1) is 20.1. The standard InChI is InChI=1S/C31H33N5O5/c1-2-39-24-15-12-21(13-16-24)30(31(38)32-22-8-4-3-5-9-22)36(23-14-17-27-28(18-23)41-20-40-27)29(37)19-35-26-11-7-6-10-25(26)33-34-35/h6-7,10-18,22,30H,2-5,8-9,19-20H2,1H3,(H,32,38). The summed E-state index contributed by atoms with van der Waals surface area (Å²) in [5.41, 5.74) is 2.60. The van der Waals surface area contributed by atoms with E-state index in [-0.39, 0.29) is 31.2 Å². The van der Waals surface area contributed by atoms with E-state index in [1.165, 1.54) is 11.3 Å². The van der Waals surface area contributed by atoms with Crippen molar-refractivity contribution in [3.8, 4) is 17.2 Å². The summed E-state index contributed by atoms with van der Waals surface area (Å²) in [6.45, 7) is 2.43. The predicted molar refractivity (Wildman–Crippen MR) is 153 cm³/mol.